The number of hydrogen-bond donors (Lipinski definition) is 1. The molecule has 0 bridgehead atoms. The van der Waals surface area contributed by atoms with Crippen LogP contribution >= 0.6 is 0 Å². The third kappa shape index (κ3) is 3.33. The third-order valence-electron chi connectivity index (χ3n) is 2.56. The van der Waals surface area contributed by atoms with Gasteiger partial charge in [0.05, 0.1) is 6.54 Å². The molecule has 0 saturated heterocycles. The highest BCUT2D eigenvalue weighted by atomic mass is 19.3. The Morgan fingerprint density at radius 1 is 1.33 bits per heavy atom. The first-order valence-corrected chi connectivity index (χ1v) is 5.67. The first-order chi connectivity index (χ1) is 8.77. The molecule has 18 heavy (non-hydrogen) atoms. The number of halogens is 2. The van der Waals surface area contributed by atoms with Gasteiger partial charge in [0.25, 0.3) is 0 Å². The van der Waals surface area contributed by atoms with E-state index in [2.05, 4.69) is 15.3 Å². The fourth-order valence-corrected chi connectivity index (χ4v) is 1.64. The Labute approximate surface area is 104 Å². The molecule has 0 aliphatic heterocycles. The molecule has 2 aromatic heterocycles. The molecule has 4 nitrogen and oxygen atoms in total. The number of alkyl halides is 2. The van der Waals surface area contributed by atoms with Gasteiger partial charge in [0.2, 0.25) is 0 Å². The second-order valence-electron chi connectivity index (χ2n) is 3.82. The molecule has 2 rings (SSSR count). The number of rotatable bonds is 6. The summed E-state index contributed by atoms with van der Waals surface area (Å²) < 4.78 is 25.9. The average molecular weight is 252 g/mol. The quantitative estimate of drug-likeness (QED) is 0.800. The second-order valence-corrected chi connectivity index (χ2v) is 3.82. The van der Waals surface area contributed by atoms with E-state index in [0.717, 1.165) is 16.6 Å². The minimum atomic E-state index is -2.54. The highest BCUT2D eigenvalue weighted by Gasteiger charge is 2.10. The van der Waals surface area contributed by atoms with E-state index in [1.54, 1.807) is 12.4 Å². The van der Waals surface area contributed by atoms with Crippen LogP contribution in [0.4, 0.5) is 8.78 Å². The maximum absolute atomic E-state index is 12.5. The Hall–Kier alpha value is -1.82. The van der Waals surface area contributed by atoms with E-state index in [1.165, 1.54) is 12.4 Å². The van der Waals surface area contributed by atoms with Crippen molar-refractivity contribution in [1.29, 1.82) is 0 Å². The van der Waals surface area contributed by atoms with E-state index in [1.807, 2.05) is 12.1 Å². The van der Waals surface area contributed by atoms with E-state index >= 15 is 0 Å². The van der Waals surface area contributed by atoms with Crippen LogP contribution in [0.3, 0.4) is 0 Å². The highest BCUT2D eigenvalue weighted by Crippen LogP contribution is 2.11. The summed E-state index contributed by atoms with van der Waals surface area (Å²) in [7, 11) is 0. The predicted octanol–water partition coefficient (Wildman–Crippen LogP) is 2.01. The number of imidazole rings is 1. The average Bonchev–Trinajstić information content (AvgIpc) is 2.84. The largest absolute Gasteiger partial charge is 0.319 e. The van der Waals surface area contributed by atoms with Gasteiger partial charge >= 0.3 is 6.55 Å². The second kappa shape index (κ2) is 6.20. The first kappa shape index (κ1) is 12.6. The van der Waals surface area contributed by atoms with Crippen molar-refractivity contribution in [3.05, 3.63) is 48.3 Å². The third-order valence-corrected chi connectivity index (χ3v) is 2.56. The molecule has 1 N–H and O–H groups in total. The molecular weight excluding hydrogens is 238 g/mol. The molecule has 0 spiro atoms. The number of nitrogens with one attached hydrogen (secondary N) is 1. The van der Waals surface area contributed by atoms with E-state index in [9.17, 15) is 8.78 Å². The fourth-order valence-electron chi connectivity index (χ4n) is 1.64. The molecule has 0 radical (unpaired) electrons. The standard InChI is InChI=1S/C12H14F2N4/c13-12(14)18-7-6-17-11(18)9-16-5-3-10-2-1-4-15-8-10/h1-2,4,6-8,12,16H,3,5,9H2. The zero-order chi connectivity index (χ0) is 12.8. The van der Waals surface area contributed by atoms with Crippen molar-refractivity contribution in [2.24, 2.45) is 0 Å². The molecule has 0 aromatic carbocycles. The van der Waals surface area contributed by atoms with Gasteiger partial charge in [0.1, 0.15) is 5.82 Å². The highest BCUT2D eigenvalue weighted by molar-refractivity contribution is 5.08. The predicted molar refractivity (Wildman–Crippen MR) is 63.1 cm³/mol. The zero-order valence-electron chi connectivity index (χ0n) is 9.76. The smallest absolute Gasteiger partial charge is 0.310 e. The van der Waals surface area contributed by atoms with E-state index in [0.29, 0.717) is 18.9 Å². The summed E-state index contributed by atoms with van der Waals surface area (Å²) >= 11 is 0. The number of aromatic nitrogens is 3. The Balaban J connectivity index is 1.77. The normalized spacial score (nSPS) is 11.1. The molecule has 0 aliphatic rings. The van der Waals surface area contributed by atoms with Crippen LogP contribution in [-0.2, 0) is 13.0 Å². The van der Waals surface area contributed by atoms with Gasteiger partial charge in [-0.3, -0.25) is 9.55 Å². The van der Waals surface area contributed by atoms with Gasteiger partial charge in [0.15, 0.2) is 0 Å². The lowest BCUT2D eigenvalue weighted by molar-refractivity contribution is 0.0666. The van der Waals surface area contributed by atoms with Crippen molar-refractivity contribution >= 4 is 0 Å². The SMILES string of the molecule is FC(F)n1ccnc1CNCCc1cccnc1. The van der Waals surface area contributed by atoms with Crippen LogP contribution in [0, 0.1) is 0 Å². The summed E-state index contributed by atoms with van der Waals surface area (Å²) in [6.07, 6.45) is 6.98. The Kier molecular flexibility index (Phi) is 4.35. The van der Waals surface area contributed by atoms with Crippen molar-refractivity contribution in [2.75, 3.05) is 6.54 Å². The summed E-state index contributed by atoms with van der Waals surface area (Å²) in [6, 6.07) is 3.85. The number of pyridine rings is 1. The van der Waals surface area contributed by atoms with Crippen molar-refractivity contribution in [2.45, 2.75) is 19.5 Å². The topological polar surface area (TPSA) is 42.7 Å². The molecule has 0 fully saturated rings. The molecule has 0 unspecified atom stereocenters. The van der Waals surface area contributed by atoms with Crippen LogP contribution < -0.4 is 5.32 Å². The fraction of sp³-hybridized carbons (Fsp3) is 0.333. The summed E-state index contributed by atoms with van der Waals surface area (Å²) in [4.78, 5) is 7.90. The van der Waals surface area contributed by atoms with Gasteiger partial charge < -0.3 is 5.32 Å². The lowest BCUT2D eigenvalue weighted by Crippen LogP contribution is -2.19. The molecule has 0 atom stereocenters. The molecule has 96 valence electrons. The zero-order valence-corrected chi connectivity index (χ0v) is 9.76. The van der Waals surface area contributed by atoms with E-state index in [-0.39, 0.29) is 0 Å². The molecule has 0 aliphatic carbocycles. The number of nitrogens with zero attached hydrogens (tertiary/aromatic N) is 3. The van der Waals surface area contributed by atoms with Gasteiger partial charge in [-0.25, -0.2) is 4.98 Å². The van der Waals surface area contributed by atoms with Crippen molar-refractivity contribution < 1.29 is 8.78 Å². The first-order valence-electron chi connectivity index (χ1n) is 5.67. The van der Waals surface area contributed by atoms with Crippen LogP contribution in [0.5, 0.6) is 0 Å². The summed E-state index contributed by atoms with van der Waals surface area (Å²) in [5.74, 6) is 0.344. The van der Waals surface area contributed by atoms with Crippen LogP contribution in [0.1, 0.15) is 17.9 Å². The Morgan fingerprint density at radius 2 is 2.22 bits per heavy atom. The molecular formula is C12H14F2N4. The molecule has 2 heterocycles. The number of hydrogen-bond acceptors (Lipinski definition) is 3. The monoisotopic (exact) mass is 252 g/mol. The summed E-state index contributed by atoms with van der Waals surface area (Å²) in [5, 5.41) is 3.09. The lowest BCUT2D eigenvalue weighted by Gasteiger charge is -2.07. The van der Waals surface area contributed by atoms with Crippen LogP contribution in [-0.4, -0.2) is 21.1 Å². The van der Waals surface area contributed by atoms with E-state index in [4.69, 9.17) is 0 Å². The molecule has 6 heteroatoms. The van der Waals surface area contributed by atoms with Gasteiger partial charge in [-0.05, 0) is 24.6 Å². The lowest BCUT2D eigenvalue weighted by atomic mass is 10.2. The minimum Gasteiger partial charge on any atom is -0.310 e. The van der Waals surface area contributed by atoms with Gasteiger partial charge in [-0.15, -0.1) is 0 Å². The molecule has 2 aromatic rings. The van der Waals surface area contributed by atoms with E-state index < -0.39 is 6.55 Å². The maximum atomic E-state index is 12.5. The van der Waals surface area contributed by atoms with Gasteiger partial charge in [0, 0.05) is 24.8 Å². The van der Waals surface area contributed by atoms with Crippen LogP contribution in [0.25, 0.3) is 0 Å². The van der Waals surface area contributed by atoms with Crippen molar-refractivity contribution in [3.8, 4) is 0 Å². The van der Waals surface area contributed by atoms with Crippen LogP contribution in [0.15, 0.2) is 36.9 Å². The van der Waals surface area contributed by atoms with Crippen molar-refractivity contribution in [3.63, 3.8) is 0 Å². The Bertz CT molecular complexity index is 470. The summed E-state index contributed by atoms with van der Waals surface area (Å²) in [6.45, 7) is -1.51. The minimum absolute atomic E-state index is 0.331. The Morgan fingerprint density at radius 3 is 2.94 bits per heavy atom. The van der Waals surface area contributed by atoms with Crippen LogP contribution in [0.2, 0.25) is 0 Å². The molecule has 0 amide bonds. The molecule has 0 saturated carbocycles. The van der Waals surface area contributed by atoms with Crippen molar-refractivity contribution in [1.82, 2.24) is 19.9 Å². The summed E-state index contributed by atoms with van der Waals surface area (Å²) in [5.41, 5.74) is 1.11. The van der Waals surface area contributed by atoms with Gasteiger partial charge in [-0.2, -0.15) is 8.78 Å². The van der Waals surface area contributed by atoms with Gasteiger partial charge in [-0.1, -0.05) is 6.07 Å². The maximum Gasteiger partial charge on any atom is 0.319 e.